The van der Waals surface area contributed by atoms with Crippen molar-refractivity contribution in [2.45, 2.75) is 20.0 Å². The summed E-state index contributed by atoms with van der Waals surface area (Å²) in [5, 5.41) is 11.3. The number of aromatic amines is 1. The third kappa shape index (κ3) is 3.72. The SMILES string of the molecule is CC(C)Oc1ccc(-c2nc(C(=O)Nc3ncn[nH]3)cs2)cc1. The molecule has 23 heavy (non-hydrogen) atoms. The van der Waals surface area contributed by atoms with Crippen LogP contribution in [0.15, 0.2) is 36.0 Å². The third-order valence-corrected chi connectivity index (χ3v) is 3.75. The second-order valence-corrected chi connectivity index (χ2v) is 5.88. The predicted molar refractivity (Wildman–Crippen MR) is 87.6 cm³/mol. The van der Waals surface area contributed by atoms with Crippen LogP contribution in [0.1, 0.15) is 24.3 Å². The highest BCUT2D eigenvalue weighted by Gasteiger charge is 2.13. The number of anilines is 1. The van der Waals surface area contributed by atoms with Crippen molar-refractivity contribution in [2.24, 2.45) is 0 Å². The fourth-order valence-electron chi connectivity index (χ4n) is 1.90. The van der Waals surface area contributed by atoms with Crippen molar-refractivity contribution in [2.75, 3.05) is 5.32 Å². The summed E-state index contributed by atoms with van der Waals surface area (Å²) in [6.45, 7) is 3.96. The Kier molecular flexibility index (Phi) is 4.33. The number of carbonyl (C=O) groups excluding carboxylic acids is 1. The zero-order chi connectivity index (χ0) is 16.2. The lowest BCUT2D eigenvalue weighted by molar-refractivity contribution is 0.102. The molecule has 0 aliphatic heterocycles. The molecular formula is C15H15N5O2S. The van der Waals surface area contributed by atoms with E-state index in [-0.39, 0.29) is 12.0 Å². The Bertz CT molecular complexity index is 781. The first-order valence-electron chi connectivity index (χ1n) is 7.01. The van der Waals surface area contributed by atoms with Gasteiger partial charge in [-0.2, -0.15) is 10.1 Å². The normalized spacial score (nSPS) is 10.7. The summed E-state index contributed by atoms with van der Waals surface area (Å²) in [5.74, 6) is 0.771. The van der Waals surface area contributed by atoms with Crippen molar-refractivity contribution in [3.8, 4) is 16.3 Å². The lowest BCUT2D eigenvalue weighted by Crippen LogP contribution is -2.13. The van der Waals surface area contributed by atoms with Crippen molar-refractivity contribution in [3.63, 3.8) is 0 Å². The van der Waals surface area contributed by atoms with Crippen LogP contribution in [0.2, 0.25) is 0 Å². The Morgan fingerprint density at radius 1 is 1.30 bits per heavy atom. The number of hydrogen-bond acceptors (Lipinski definition) is 6. The number of thiazole rings is 1. The maximum Gasteiger partial charge on any atom is 0.277 e. The number of nitrogens with one attached hydrogen (secondary N) is 2. The van der Waals surface area contributed by atoms with E-state index in [1.165, 1.54) is 17.7 Å². The molecule has 3 aromatic rings. The minimum atomic E-state index is -0.330. The molecule has 0 radical (unpaired) electrons. The van der Waals surface area contributed by atoms with E-state index in [1.54, 1.807) is 5.38 Å². The predicted octanol–water partition coefficient (Wildman–Crippen LogP) is 2.97. The van der Waals surface area contributed by atoms with Gasteiger partial charge in [0.15, 0.2) is 0 Å². The van der Waals surface area contributed by atoms with Crippen molar-refractivity contribution in [1.29, 1.82) is 0 Å². The van der Waals surface area contributed by atoms with E-state index >= 15 is 0 Å². The molecule has 0 saturated carbocycles. The van der Waals surface area contributed by atoms with E-state index in [4.69, 9.17) is 4.74 Å². The second kappa shape index (κ2) is 6.57. The van der Waals surface area contributed by atoms with Crippen LogP contribution in [0.5, 0.6) is 5.75 Å². The molecule has 0 atom stereocenters. The van der Waals surface area contributed by atoms with Crippen molar-refractivity contribution < 1.29 is 9.53 Å². The number of aromatic nitrogens is 4. The molecular weight excluding hydrogens is 314 g/mol. The summed E-state index contributed by atoms with van der Waals surface area (Å²) in [6, 6.07) is 7.64. The van der Waals surface area contributed by atoms with E-state index in [0.717, 1.165) is 16.3 Å². The van der Waals surface area contributed by atoms with Gasteiger partial charge >= 0.3 is 0 Å². The van der Waals surface area contributed by atoms with Crippen molar-refractivity contribution >= 4 is 23.2 Å². The smallest absolute Gasteiger partial charge is 0.277 e. The molecule has 2 N–H and O–H groups in total. The molecule has 3 rings (SSSR count). The lowest BCUT2D eigenvalue weighted by atomic mass is 10.2. The van der Waals surface area contributed by atoms with Crippen LogP contribution >= 0.6 is 11.3 Å². The van der Waals surface area contributed by atoms with Gasteiger partial charge in [0.2, 0.25) is 5.95 Å². The highest BCUT2D eigenvalue weighted by atomic mass is 32.1. The first-order chi connectivity index (χ1) is 11.1. The summed E-state index contributed by atoms with van der Waals surface area (Å²) in [6.07, 6.45) is 1.45. The lowest BCUT2D eigenvalue weighted by Gasteiger charge is -2.09. The Labute approximate surface area is 136 Å². The molecule has 1 aromatic carbocycles. The summed E-state index contributed by atoms with van der Waals surface area (Å²) >= 11 is 1.40. The maximum atomic E-state index is 12.1. The Hall–Kier alpha value is -2.74. The van der Waals surface area contributed by atoms with Crippen molar-refractivity contribution in [3.05, 3.63) is 41.7 Å². The Balaban J connectivity index is 1.72. The fourth-order valence-corrected chi connectivity index (χ4v) is 2.70. The van der Waals surface area contributed by atoms with Gasteiger partial charge in [-0.3, -0.25) is 10.1 Å². The largest absolute Gasteiger partial charge is 0.491 e. The molecule has 2 heterocycles. The minimum absolute atomic E-state index is 0.132. The standard InChI is InChI=1S/C15H15N5O2S/c1-9(2)22-11-5-3-10(4-6-11)14-18-12(7-23-14)13(21)19-15-16-8-17-20-15/h3-9H,1-2H3,(H2,16,17,19,20,21). The molecule has 0 fully saturated rings. The Morgan fingerprint density at radius 3 is 2.74 bits per heavy atom. The van der Waals surface area contributed by atoms with E-state index in [1.807, 2.05) is 38.1 Å². The quantitative estimate of drug-likeness (QED) is 0.750. The topological polar surface area (TPSA) is 92.8 Å². The highest BCUT2D eigenvalue weighted by molar-refractivity contribution is 7.13. The van der Waals surface area contributed by atoms with Gasteiger partial charge in [-0.25, -0.2) is 10.1 Å². The maximum absolute atomic E-state index is 12.1. The molecule has 2 aromatic heterocycles. The number of nitrogens with zero attached hydrogens (tertiary/aromatic N) is 3. The Morgan fingerprint density at radius 2 is 2.09 bits per heavy atom. The van der Waals surface area contributed by atoms with Gasteiger partial charge in [0.25, 0.3) is 5.91 Å². The number of benzene rings is 1. The number of hydrogen-bond donors (Lipinski definition) is 2. The molecule has 8 heteroatoms. The zero-order valence-electron chi connectivity index (χ0n) is 12.6. The van der Waals surface area contributed by atoms with Crippen LogP contribution in [0, 0.1) is 0 Å². The average molecular weight is 329 g/mol. The number of amides is 1. The van der Waals surface area contributed by atoms with Crippen molar-refractivity contribution in [1.82, 2.24) is 20.2 Å². The number of ether oxygens (including phenoxy) is 1. The summed E-state index contributed by atoms with van der Waals surface area (Å²) < 4.78 is 5.61. The van der Waals surface area contributed by atoms with Gasteiger partial charge in [0.05, 0.1) is 6.10 Å². The third-order valence-electron chi connectivity index (χ3n) is 2.86. The monoisotopic (exact) mass is 329 g/mol. The molecule has 0 unspecified atom stereocenters. The van der Waals surface area contributed by atoms with E-state index in [9.17, 15) is 4.79 Å². The van der Waals surface area contributed by atoms with Gasteiger partial charge < -0.3 is 4.74 Å². The number of rotatable bonds is 5. The highest BCUT2D eigenvalue weighted by Crippen LogP contribution is 2.26. The zero-order valence-corrected chi connectivity index (χ0v) is 13.4. The van der Waals surface area contributed by atoms with Crippen LogP contribution in [-0.4, -0.2) is 32.2 Å². The van der Waals surface area contributed by atoms with Crippen LogP contribution in [0.4, 0.5) is 5.95 Å². The average Bonchev–Trinajstić information content (AvgIpc) is 3.18. The summed E-state index contributed by atoms with van der Waals surface area (Å²) in [5.41, 5.74) is 1.27. The van der Waals surface area contributed by atoms with E-state index in [0.29, 0.717) is 11.6 Å². The first-order valence-corrected chi connectivity index (χ1v) is 7.89. The van der Waals surface area contributed by atoms with Crippen LogP contribution in [0.3, 0.4) is 0 Å². The molecule has 0 aliphatic rings. The van der Waals surface area contributed by atoms with E-state index in [2.05, 4.69) is 25.5 Å². The first kappa shape index (κ1) is 15.2. The number of carbonyl (C=O) groups is 1. The van der Waals surface area contributed by atoms with Crippen LogP contribution < -0.4 is 10.1 Å². The summed E-state index contributed by atoms with van der Waals surface area (Å²) in [7, 11) is 0. The minimum Gasteiger partial charge on any atom is -0.491 e. The fraction of sp³-hybridized carbons (Fsp3) is 0.200. The molecule has 0 aliphatic carbocycles. The van der Waals surface area contributed by atoms with Gasteiger partial charge in [0, 0.05) is 10.9 Å². The van der Waals surface area contributed by atoms with Gasteiger partial charge in [-0.1, -0.05) is 0 Å². The molecule has 0 saturated heterocycles. The second-order valence-electron chi connectivity index (χ2n) is 5.02. The van der Waals surface area contributed by atoms with E-state index < -0.39 is 0 Å². The summed E-state index contributed by atoms with van der Waals surface area (Å²) in [4.78, 5) is 20.3. The molecule has 0 spiro atoms. The van der Waals surface area contributed by atoms with Gasteiger partial charge in [-0.05, 0) is 38.1 Å². The van der Waals surface area contributed by atoms with Gasteiger partial charge in [-0.15, -0.1) is 11.3 Å². The molecule has 7 nitrogen and oxygen atoms in total. The molecule has 0 bridgehead atoms. The number of H-pyrrole nitrogens is 1. The molecule has 1 amide bonds. The van der Waals surface area contributed by atoms with Gasteiger partial charge in [0.1, 0.15) is 22.8 Å². The van der Waals surface area contributed by atoms with Crippen LogP contribution in [0.25, 0.3) is 10.6 Å². The molecule has 118 valence electrons. The van der Waals surface area contributed by atoms with Crippen LogP contribution in [-0.2, 0) is 0 Å².